The third kappa shape index (κ3) is 2.81. The van der Waals surface area contributed by atoms with E-state index in [0.717, 1.165) is 19.3 Å². The van der Waals surface area contributed by atoms with Crippen molar-refractivity contribution >= 4 is 11.9 Å². The number of carbonyl (C=O) groups excluding carboxylic acids is 2. The molecule has 0 saturated heterocycles. The summed E-state index contributed by atoms with van der Waals surface area (Å²) >= 11 is 0. The molecule has 3 N–H and O–H groups in total. The summed E-state index contributed by atoms with van der Waals surface area (Å²) in [6.07, 6.45) is 2.33. The standard InChI is InChI=1S/C22H32O7/c1-11-13-8-15(25)29-22(13,27)9-14-16(11)17(26)18(28-12(2)24)19-20(3,10-23)6-5-7-21(14,19)4/h8,11,14,16-19,23,26-27H,5-7,9-10H2,1-4H3/t11-,14+,16-,17+,18+,19+,20+,21-,22+/m0/s1. The quantitative estimate of drug-likeness (QED) is 0.594. The zero-order valence-corrected chi connectivity index (χ0v) is 17.6. The summed E-state index contributed by atoms with van der Waals surface area (Å²) in [7, 11) is 0. The summed E-state index contributed by atoms with van der Waals surface area (Å²) in [5, 5.41) is 32.9. The molecule has 0 aromatic rings. The molecule has 7 heteroatoms. The van der Waals surface area contributed by atoms with E-state index in [0.29, 0.717) is 5.57 Å². The van der Waals surface area contributed by atoms with Crippen LogP contribution in [0.3, 0.4) is 0 Å². The summed E-state index contributed by atoms with van der Waals surface area (Å²) in [6, 6.07) is 0. The molecule has 3 fully saturated rings. The van der Waals surface area contributed by atoms with Crippen molar-refractivity contribution in [1.82, 2.24) is 0 Å². The van der Waals surface area contributed by atoms with Crippen LogP contribution in [0.2, 0.25) is 0 Å². The maximum absolute atomic E-state index is 11.9. The van der Waals surface area contributed by atoms with Gasteiger partial charge in [-0.3, -0.25) is 4.79 Å². The second kappa shape index (κ2) is 6.53. The minimum Gasteiger partial charge on any atom is -0.459 e. The molecule has 0 radical (unpaired) electrons. The Morgan fingerprint density at radius 1 is 1.34 bits per heavy atom. The van der Waals surface area contributed by atoms with Crippen LogP contribution in [0.4, 0.5) is 0 Å². The van der Waals surface area contributed by atoms with Crippen LogP contribution >= 0.6 is 0 Å². The highest BCUT2D eigenvalue weighted by molar-refractivity contribution is 5.86. The monoisotopic (exact) mass is 408 g/mol. The van der Waals surface area contributed by atoms with Crippen LogP contribution < -0.4 is 0 Å². The lowest BCUT2D eigenvalue weighted by atomic mass is 9.41. The highest BCUT2D eigenvalue weighted by Crippen LogP contribution is 2.67. The number of fused-ring (bicyclic) bond motifs is 4. The predicted molar refractivity (Wildman–Crippen MR) is 102 cm³/mol. The molecule has 0 unspecified atom stereocenters. The van der Waals surface area contributed by atoms with Crippen LogP contribution in [0.15, 0.2) is 11.6 Å². The molecule has 1 heterocycles. The lowest BCUT2D eigenvalue weighted by molar-refractivity contribution is -0.269. The van der Waals surface area contributed by atoms with Crippen LogP contribution in [0.1, 0.15) is 53.4 Å². The number of esters is 2. The van der Waals surface area contributed by atoms with E-state index in [-0.39, 0.29) is 36.7 Å². The SMILES string of the molecule is CC(=O)O[C@@H]1[C@H](O)[C@@H]2[C@@H](C[C@@]3(O)OC(=O)C=C3[C@@H]2C)[C@]2(C)CCC[C@](C)(CO)[C@@H]12. The first-order valence-electron chi connectivity index (χ1n) is 10.6. The molecule has 3 aliphatic carbocycles. The minimum absolute atomic E-state index is 0.0743. The van der Waals surface area contributed by atoms with Crippen molar-refractivity contribution < 1.29 is 34.4 Å². The molecular formula is C22H32O7. The smallest absolute Gasteiger partial charge is 0.333 e. The fourth-order valence-corrected chi connectivity index (χ4v) is 7.43. The Balaban J connectivity index is 1.85. The Hall–Kier alpha value is -1.44. The Bertz CT molecular complexity index is 762. The van der Waals surface area contributed by atoms with Gasteiger partial charge in [-0.25, -0.2) is 4.79 Å². The van der Waals surface area contributed by atoms with Gasteiger partial charge in [-0.1, -0.05) is 27.2 Å². The van der Waals surface area contributed by atoms with Crippen molar-refractivity contribution in [3.63, 3.8) is 0 Å². The molecule has 0 aromatic heterocycles. The minimum atomic E-state index is -1.65. The predicted octanol–water partition coefficient (Wildman–Crippen LogP) is 1.54. The second-order valence-corrected chi connectivity index (χ2v) is 10.2. The number of hydrogen-bond acceptors (Lipinski definition) is 7. The van der Waals surface area contributed by atoms with Gasteiger partial charge in [0.1, 0.15) is 6.10 Å². The molecule has 0 amide bonds. The molecular weight excluding hydrogens is 376 g/mol. The van der Waals surface area contributed by atoms with Gasteiger partial charge < -0.3 is 24.8 Å². The van der Waals surface area contributed by atoms with Crippen molar-refractivity contribution in [2.24, 2.45) is 34.5 Å². The molecule has 0 aromatic carbocycles. The van der Waals surface area contributed by atoms with E-state index < -0.39 is 40.8 Å². The highest BCUT2D eigenvalue weighted by atomic mass is 16.7. The number of aliphatic hydroxyl groups is 3. The first-order chi connectivity index (χ1) is 13.5. The fraction of sp³-hybridized carbons (Fsp3) is 0.818. The van der Waals surface area contributed by atoms with Crippen LogP contribution in [-0.4, -0.2) is 51.9 Å². The first kappa shape index (κ1) is 20.8. The summed E-state index contributed by atoms with van der Waals surface area (Å²) in [5.74, 6) is -3.69. The van der Waals surface area contributed by atoms with Gasteiger partial charge >= 0.3 is 11.9 Å². The number of hydrogen-bond donors (Lipinski definition) is 3. The third-order valence-corrected chi connectivity index (χ3v) is 8.52. The third-order valence-electron chi connectivity index (χ3n) is 8.52. The molecule has 162 valence electrons. The lowest BCUT2D eigenvalue weighted by Gasteiger charge is -2.65. The van der Waals surface area contributed by atoms with Gasteiger partial charge in [-0.05, 0) is 41.4 Å². The number of rotatable bonds is 2. The van der Waals surface area contributed by atoms with Crippen molar-refractivity contribution in [3.8, 4) is 0 Å². The molecule has 0 spiro atoms. The van der Waals surface area contributed by atoms with E-state index in [9.17, 15) is 24.9 Å². The van der Waals surface area contributed by atoms with Gasteiger partial charge in [0.25, 0.3) is 0 Å². The average molecular weight is 408 g/mol. The molecule has 1 aliphatic heterocycles. The van der Waals surface area contributed by atoms with Crippen molar-refractivity contribution in [2.75, 3.05) is 6.61 Å². The van der Waals surface area contributed by atoms with Crippen molar-refractivity contribution in [3.05, 3.63) is 11.6 Å². The summed E-state index contributed by atoms with van der Waals surface area (Å²) in [6.45, 7) is 7.26. The maximum atomic E-state index is 11.9. The number of aliphatic hydroxyl groups excluding tert-OH is 2. The van der Waals surface area contributed by atoms with Crippen molar-refractivity contribution in [1.29, 1.82) is 0 Å². The van der Waals surface area contributed by atoms with Gasteiger partial charge in [0, 0.05) is 37.5 Å². The zero-order chi connectivity index (χ0) is 21.4. The van der Waals surface area contributed by atoms with E-state index in [1.54, 1.807) is 0 Å². The van der Waals surface area contributed by atoms with Gasteiger partial charge in [0.15, 0.2) is 0 Å². The van der Waals surface area contributed by atoms with Crippen molar-refractivity contribution in [2.45, 2.75) is 71.4 Å². The number of ether oxygens (including phenoxy) is 2. The molecule has 9 atom stereocenters. The molecule has 3 saturated carbocycles. The number of carbonyl (C=O) groups is 2. The van der Waals surface area contributed by atoms with Gasteiger partial charge in [0.05, 0.1) is 6.10 Å². The van der Waals surface area contributed by atoms with Crippen LogP contribution in [-0.2, 0) is 19.1 Å². The molecule has 0 bridgehead atoms. The Morgan fingerprint density at radius 3 is 2.66 bits per heavy atom. The van der Waals surface area contributed by atoms with E-state index >= 15 is 0 Å². The van der Waals surface area contributed by atoms with E-state index in [1.807, 2.05) is 13.8 Å². The van der Waals surface area contributed by atoms with E-state index in [2.05, 4.69) is 6.92 Å². The maximum Gasteiger partial charge on any atom is 0.333 e. The molecule has 4 rings (SSSR count). The van der Waals surface area contributed by atoms with Crippen LogP contribution in [0.5, 0.6) is 0 Å². The van der Waals surface area contributed by atoms with Gasteiger partial charge in [-0.15, -0.1) is 0 Å². The van der Waals surface area contributed by atoms with E-state index in [1.165, 1.54) is 13.0 Å². The first-order valence-corrected chi connectivity index (χ1v) is 10.6. The van der Waals surface area contributed by atoms with Crippen LogP contribution in [0.25, 0.3) is 0 Å². The molecule has 29 heavy (non-hydrogen) atoms. The Kier molecular flexibility index (Phi) is 4.69. The average Bonchev–Trinajstić information content (AvgIpc) is 2.93. The lowest BCUT2D eigenvalue weighted by Crippen LogP contribution is -2.68. The van der Waals surface area contributed by atoms with Gasteiger partial charge in [0.2, 0.25) is 5.79 Å². The zero-order valence-electron chi connectivity index (χ0n) is 17.6. The molecule has 4 aliphatic rings. The summed E-state index contributed by atoms with van der Waals surface area (Å²) < 4.78 is 11.0. The second-order valence-electron chi connectivity index (χ2n) is 10.2. The largest absolute Gasteiger partial charge is 0.459 e. The Morgan fingerprint density at radius 2 is 2.03 bits per heavy atom. The summed E-state index contributed by atoms with van der Waals surface area (Å²) in [5.41, 5.74) is -0.426. The van der Waals surface area contributed by atoms with Gasteiger partial charge in [-0.2, -0.15) is 0 Å². The Labute approximate surface area is 171 Å². The normalized spacial score (nSPS) is 51.3. The molecule has 7 nitrogen and oxygen atoms in total. The van der Waals surface area contributed by atoms with Crippen LogP contribution in [0, 0.1) is 34.5 Å². The highest BCUT2D eigenvalue weighted by Gasteiger charge is 2.68. The topological polar surface area (TPSA) is 113 Å². The summed E-state index contributed by atoms with van der Waals surface area (Å²) in [4.78, 5) is 23.9. The fourth-order valence-electron chi connectivity index (χ4n) is 7.43. The van der Waals surface area contributed by atoms with E-state index in [4.69, 9.17) is 9.47 Å².